The average molecular weight is 283 g/mol. The molecule has 4 nitrogen and oxygen atoms in total. The van der Waals surface area contributed by atoms with E-state index in [2.05, 4.69) is 4.72 Å². The van der Waals surface area contributed by atoms with Crippen LogP contribution >= 0.6 is 0 Å². The minimum absolute atomic E-state index is 0.0851. The first kappa shape index (κ1) is 14.3. The van der Waals surface area contributed by atoms with Crippen molar-refractivity contribution in [3.05, 3.63) is 29.8 Å². The van der Waals surface area contributed by atoms with Crippen LogP contribution in [0.1, 0.15) is 37.7 Å². The number of aliphatic hydroxyl groups is 1. The molecule has 1 aromatic rings. The first-order chi connectivity index (χ1) is 9.09. The van der Waals surface area contributed by atoms with Gasteiger partial charge in [0.1, 0.15) is 0 Å². The number of anilines is 1. The summed E-state index contributed by atoms with van der Waals surface area (Å²) in [7, 11) is -3.29. The lowest BCUT2D eigenvalue weighted by molar-refractivity contribution is 0.282. The highest BCUT2D eigenvalue weighted by molar-refractivity contribution is 7.92. The van der Waals surface area contributed by atoms with Crippen molar-refractivity contribution < 1.29 is 13.5 Å². The molecule has 1 saturated carbocycles. The molecule has 0 heterocycles. The van der Waals surface area contributed by atoms with Gasteiger partial charge in [0, 0.05) is 5.69 Å². The van der Waals surface area contributed by atoms with E-state index in [-0.39, 0.29) is 18.3 Å². The molecule has 106 valence electrons. The van der Waals surface area contributed by atoms with Crippen LogP contribution in [0.25, 0.3) is 0 Å². The van der Waals surface area contributed by atoms with Crippen LogP contribution in [0.2, 0.25) is 0 Å². The summed E-state index contributed by atoms with van der Waals surface area (Å²) in [4.78, 5) is 0. The van der Waals surface area contributed by atoms with Gasteiger partial charge in [-0.15, -0.1) is 0 Å². The molecular formula is C14H21NO3S. The topological polar surface area (TPSA) is 66.4 Å². The average Bonchev–Trinajstić information content (AvgIpc) is 2.39. The van der Waals surface area contributed by atoms with Gasteiger partial charge in [-0.05, 0) is 36.5 Å². The molecule has 19 heavy (non-hydrogen) atoms. The molecule has 1 aromatic carbocycles. The maximum atomic E-state index is 12.1. The van der Waals surface area contributed by atoms with E-state index < -0.39 is 10.0 Å². The highest BCUT2D eigenvalue weighted by Crippen LogP contribution is 2.25. The molecule has 2 rings (SSSR count). The molecule has 0 spiro atoms. The fourth-order valence-electron chi connectivity index (χ4n) is 2.62. The van der Waals surface area contributed by atoms with Gasteiger partial charge in [0.05, 0.1) is 12.4 Å². The van der Waals surface area contributed by atoms with E-state index in [1.54, 1.807) is 24.3 Å². The molecule has 0 unspecified atom stereocenters. The summed E-state index contributed by atoms with van der Waals surface area (Å²) in [5.41, 5.74) is 1.24. The first-order valence-electron chi connectivity index (χ1n) is 6.79. The third kappa shape index (κ3) is 4.51. The minimum atomic E-state index is -3.29. The van der Waals surface area contributed by atoms with Gasteiger partial charge in [-0.2, -0.15) is 0 Å². The van der Waals surface area contributed by atoms with Crippen LogP contribution in [0.5, 0.6) is 0 Å². The van der Waals surface area contributed by atoms with Crippen molar-refractivity contribution in [2.45, 2.75) is 38.7 Å². The SMILES string of the molecule is O=S(=O)(CC1CCCCC1)Nc1cccc(CO)c1. The van der Waals surface area contributed by atoms with Gasteiger partial charge in [-0.3, -0.25) is 4.72 Å². The fourth-order valence-corrected chi connectivity index (χ4v) is 4.14. The molecular weight excluding hydrogens is 262 g/mol. The summed E-state index contributed by atoms with van der Waals surface area (Å²) < 4.78 is 26.8. The van der Waals surface area contributed by atoms with Crippen molar-refractivity contribution in [3.8, 4) is 0 Å². The second kappa shape index (κ2) is 6.39. The van der Waals surface area contributed by atoms with E-state index >= 15 is 0 Å². The van der Waals surface area contributed by atoms with Gasteiger partial charge < -0.3 is 5.11 Å². The Balaban J connectivity index is 1.99. The van der Waals surface area contributed by atoms with Gasteiger partial charge in [0.25, 0.3) is 0 Å². The summed E-state index contributed by atoms with van der Waals surface area (Å²) >= 11 is 0. The van der Waals surface area contributed by atoms with Crippen LogP contribution < -0.4 is 4.72 Å². The molecule has 0 saturated heterocycles. The molecule has 0 aromatic heterocycles. The first-order valence-corrected chi connectivity index (χ1v) is 8.44. The lowest BCUT2D eigenvalue weighted by atomic mass is 9.91. The van der Waals surface area contributed by atoms with Gasteiger partial charge in [-0.1, -0.05) is 31.4 Å². The Hall–Kier alpha value is -1.07. The fraction of sp³-hybridized carbons (Fsp3) is 0.571. The Labute approximate surface area is 114 Å². The van der Waals surface area contributed by atoms with Crippen LogP contribution in [0.4, 0.5) is 5.69 Å². The summed E-state index contributed by atoms with van der Waals surface area (Å²) in [6.45, 7) is -0.0851. The molecule has 0 bridgehead atoms. The highest BCUT2D eigenvalue weighted by atomic mass is 32.2. The van der Waals surface area contributed by atoms with Crippen molar-refractivity contribution in [3.63, 3.8) is 0 Å². The van der Waals surface area contributed by atoms with E-state index in [1.807, 2.05) is 0 Å². The van der Waals surface area contributed by atoms with Crippen LogP contribution in [-0.4, -0.2) is 19.3 Å². The second-order valence-electron chi connectivity index (χ2n) is 5.25. The predicted molar refractivity (Wildman–Crippen MR) is 76.3 cm³/mol. The minimum Gasteiger partial charge on any atom is -0.392 e. The van der Waals surface area contributed by atoms with E-state index in [0.29, 0.717) is 11.3 Å². The molecule has 1 fully saturated rings. The van der Waals surface area contributed by atoms with Gasteiger partial charge in [0.2, 0.25) is 10.0 Å². The largest absolute Gasteiger partial charge is 0.392 e. The molecule has 0 amide bonds. The monoisotopic (exact) mass is 283 g/mol. The Morgan fingerprint density at radius 2 is 1.95 bits per heavy atom. The smallest absolute Gasteiger partial charge is 0.232 e. The van der Waals surface area contributed by atoms with Crippen LogP contribution in [0, 0.1) is 5.92 Å². The summed E-state index contributed by atoms with van der Waals surface area (Å²) in [5.74, 6) is 0.489. The number of sulfonamides is 1. The van der Waals surface area contributed by atoms with Crippen molar-refractivity contribution in [2.24, 2.45) is 5.92 Å². The Bertz CT molecular complexity index is 507. The van der Waals surface area contributed by atoms with E-state index in [4.69, 9.17) is 5.11 Å². The molecule has 5 heteroatoms. The number of nitrogens with one attached hydrogen (secondary N) is 1. The van der Waals surface area contributed by atoms with E-state index in [1.165, 1.54) is 6.42 Å². The van der Waals surface area contributed by atoms with Crippen LogP contribution in [0.3, 0.4) is 0 Å². The molecule has 0 atom stereocenters. The summed E-state index contributed by atoms with van der Waals surface area (Å²) in [6, 6.07) is 6.87. The Morgan fingerprint density at radius 3 is 2.63 bits per heavy atom. The van der Waals surface area contributed by atoms with Crippen LogP contribution in [-0.2, 0) is 16.6 Å². The van der Waals surface area contributed by atoms with Crippen molar-refractivity contribution >= 4 is 15.7 Å². The van der Waals surface area contributed by atoms with Gasteiger partial charge in [0.15, 0.2) is 0 Å². The lowest BCUT2D eigenvalue weighted by Crippen LogP contribution is -2.24. The number of benzene rings is 1. The molecule has 1 aliphatic rings. The third-order valence-corrected chi connectivity index (χ3v) is 5.02. The normalized spacial score (nSPS) is 17.3. The standard InChI is InChI=1S/C14H21NO3S/c16-10-13-7-4-8-14(9-13)15-19(17,18)11-12-5-2-1-3-6-12/h4,7-9,12,15-16H,1-3,5-6,10-11H2. The van der Waals surface area contributed by atoms with E-state index in [9.17, 15) is 8.42 Å². The third-order valence-electron chi connectivity index (χ3n) is 3.56. The zero-order chi connectivity index (χ0) is 13.7. The molecule has 2 N–H and O–H groups in total. The molecule has 0 aliphatic heterocycles. The maximum absolute atomic E-state index is 12.1. The Morgan fingerprint density at radius 1 is 1.21 bits per heavy atom. The number of rotatable bonds is 5. The van der Waals surface area contributed by atoms with Crippen LogP contribution in [0.15, 0.2) is 24.3 Å². The van der Waals surface area contributed by atoms with Crippen molar-refractivity contribution in [1.29, 1.82) is 0 Å². The van der Waals surface area contributed by atoms with Gasteiger partial charge in [-0.25, -0.2) is 8.42 Å². The Kier molecular flexibility index (Phi) is 4.82. The second-order valence-corrected chi connectivity index (χ2v) is 7.01. The zero-order valence-electron chi connectivity index (χ0n) is 11.0. The maximum Gasteiger partial charge on any atom is 0.232 e. The number of aliphatic hydroxyl groups excluding tert-OH is 1. The summed E-state index contributed by atoms with van der Waals surface area (Å²) in [6.07, 6.45) is 5.53. The predicted octanol–water partition coefficient (Wildman–Crippen LogP) is 2.50. The van der Waals surface area contributed by atoms with Crippen molar-refractivity contribution in [1.82, 2.24) is 0 Å². The zero-order valence-corrected chi connectivity index (χ0v) is 11.8. The summed E-state index contributed by atoms with van der Waals surface area (Å²) in [5, 5.41) is 9.04. The quantitative estimate of drug-likeness (QED) is 0.872. The van der Waals surface area contributed by atoms with Gasteiger partial charge >= 0.3 is 0 Å². The molecule has 1 aliphatic carbocycles. The lowest BCUT2D eigenvalue weighted by Gasteiger charge is -2.21. The number of hydrogen-bond acceptors (Lipinski definition) is 3. The van der Waals surface area contributed by atoms with E-state index in [0.717, 1.165) is 25.7 Å². The number of hydrogen-bond donors (Lipinski definition) is 2. The highest BCUT2D eigenvalue weighted by Gasteiger charge is 2.21. The molecule has 0 radical (unpaired) electrons. The van der Waals surface area contributed by atoms with Crippen molar-refractivity contribution in [2.75, 3.05) is 10.5 Å².